The summed E-state index contributed by atoms with van der Waals surface area (Å²) in [7, 11) is 0. The van der Waals surface area contributed by atoms with Crippen molar-refractivity contribution in [1.29, 1.82) is 0 Å². The van der Waals surface area contributed by atoms with Gasteiger partial charge in [-0.05, 0) is 51.9 Å². The van der Waals surface area contributed by atoms with Crippen molar-refractivity contribution in [1.82, 2.24) is 15.0 Å². The Morgan fingerprint density at radius 3 is 1.95 bits per heavy atom. The third-order valence-corrected chi connectivity index (χ3v) is 7.91. The van der Waals surface area contributed by atoms with E-state index in [4.69, 9.17) is 9.97 Å². The standard InChI is InChI=1S/C39H25N3/c1-2-10-27(11-3-1)38-34-17-6-7-18-36(34)41-39(42-38)28-21-19-26(20-22-28)29-12-8-13-30(24-29)35-25-31-14-9-23-40-37(31)33-16-5-4-15-32(33)35/h1-25H. The Morgan fingerprint density at radius 1 is 0.405 bits per heavy atom. The van der Waals surface area contributed by atoms with Gasteiger partial charge in [-0.15, -0.1) is 0 Å². The highest BCUT2D eigenvalue weighted by molar-refractivity contribution is 6.12. The van der Waals surface area contributed by atoms with E-state index in [0.717, 1.165) is 50.0 Å². The molecule has 0 radical (unpaired) electrons. The predicted molar refractivity (Wildman–Crippen MR) is 174 cm³/mol. The van der Waals surface area contributed by atoms with Crippen molar-refractivity contribution < 1.29 is 0 Å². The molecule has 0 atom stereocenters. The molecule has 42 heavy (non-hydrogen) atoms. The molecule has 0 amide bonds. The first-order chi connectivity index (χ1) is 20.8. The fourth-order valence-corrected chi connectivity index (χ4v) is 5.86. The number of hydrogen-bond acceptors (Lipinski definition) is 3. The van der Waals surface area contributed by atoms with Crippen LogP contribution in [0.3, 0.4) is 0 Å². The van der Waals surface area contributed by atoms with Gasteiger partial charge in [0.25, 0.3) is 0 Å². The first-order valence-corrected chi connectivity index (χ1v) is 14.1. The highest BCUT2D eigenvalue weighted by Crippen LogP contribution is 2.36. The summed E-state index contributed by atoms with van der Waals surface area (Å²) in [6.45, 7) is 0. The van der Waals surface area contributed by atoms with Crippen molar-refractivity contribution in [2.24, 2.45) is 0 Å². The Labute approximate surface area is 243 Å². The lowest BCUT2D eigenvalue weighted by Crippen LogP contribution is -1.95. The quantitative estimate of drug-likeness (QED) is 0.211. The highest BCUT2D eigenvalue weighted by atomic mass is 14.9. The second kappa shape index (κ2) is 10.1. The van der Waals surface area contributed by atoms with Crippen LogP contribution in [-0.2, 0) is 0 Å². The smallest absolute Gasteiger partial charge is 0.160 e. The predicted octanol–water partition coefficient (Wildman–Crippen LogP) is 10.00. The van der Waals surface area contributed by atoms with E-state index in [-0.39, 0.29) is 0 Å². The lowest BCUT2D eigenvalue weighted by atomic mass is 9.93. The van der Waals surface area contributed by atoms with Gasteiger partial charge in [0, 0.05) is 33.5 Å². The lowest BCUT2D eigenvalue weighted by Gasteiger charge is -2.12. The molecule has 0 N–H and O–H groups in total. The number of aromatic nitrogens is 3. The number of pyridine rings is 1. The summed E-state index contributed by atoms with van der Waals surface area (Å²) in [5, 5.41) is 4.58. The van der Waals surface area contributed by atoms with Crippen LogP contribution in [0.1, 0.15) is 0 Å². The van der Waals surface area contributed by atoms with Gasteiger partial charge in [0.2, 0.25) is 0 Å². The molecular weight excluding hydrogens is 510 g/mol. The normalized spacial score (nSPS) is 11.3. The van der Waals surface area contributed by atoms with Gasteiger partial charge in [0.1, 0.15) is 0 Å². The molecule has 3 nitrogen and oxygen atoms in total. The fourth-order valence-electron chi connectivity index (χ4n) is 5.86. The first-order valence-electron chi connectivity index (χ1n) is 14.1. The van der Waals surface area contributed by atoms with Crippen LogP contribution in [0.5, 0.6) is 0 Å². The van der Waals surface area contributed by atoms with Crippen LogP contribution in [0.2, 0.25) is 0 Å². The van der Waals surface area contributed by atoms with E-state index in [2.05, 4.69) is 114 Å². The third kappa shape index (κ3) is 4.20. The minimum atomic E-state index is 0.726. The summed E-state index contributed by atoms with van der Waals surface area (Å²) in [5.74, 6) is 0.726. The first kappa shape index (κ1) is 24.2. The molecule has 0 unspecified atom stereocenters. The zero-order valence-corrected chi connectivity index (χ0v) is 22.8. The number of nitrogens with zero attached hydrogens (tertiary/aromatic N) is 3. The summed E-state index contributed by atoms with van der Waals surface area (Å²) in [6, 6.07) is 50.8. The van der Waals surface area contributed by atoms with Crippen LogP contribution in [0.4, 0.5) is 0 Å². The molecule has 6 aromatic carbocycles. The van der Waals surface area contributed by atoms with Gasteiger partial charge in [-0.25, -0.2) is 9.97 Å². The van der Waals surface area contributed by atoms with E-state index in [9.17, 15) is 0 Å². The van der Waals surface area contributed by atoms with Gasteiger partial charge in [-0.2, -0.15) is 0 Å². The Bertz CT molecular complexity index is 2240. The van der Waals surface area contributed by atoms with Gasteiger partial charge >= 0.3 is 0 Å². The molecule has 0 spiro atoms. The van der Waals surface area contributed by atoms with Gasteiger partial charge in [0.05, 0.1) is 16.7 Å². The van der Waals surface area contributed by atoms with Gasteiger partial charge in [-0.1, -0.05) is 121 Å². The number of fused-ring (bicyclic) bond motifs is 4. The Morgan fingerprint density at radius 2 is 1.10 bits per heavy atom. The summed E-state index contributed by atoms with van der Waals surface area (Å²) >= 11 is 0. The topological polar surface area (TPSA) is 38.7 Å². The maximum Gasteiger partial charge on any atom is 0.160 e. The SMILES string of the molecule is c1ccc(-c2nc(-c3ccc(-c4cccc(-c5cc6cccnc6c6ccccc56)c4)cc3)nc3ccccc23)cc1. The Kier molecular flexibility index (Phi) is 5.79. The molecule has 196 valence electrons. The molecule has 2 heterocycles. The van der Waals surface area contributed by atoms with Crippen molar-refractivity contribution in [3.05, 3.63) is 152 Å². The maximum atomic E-state index is 5.04. The van der Waals surface area contributed by atoms with E-state index in [1.54, 1.807) is 0 Å². The highest BCUT2D eigenvalue weighted by Gasteiger charge is 2.13. The number of benzene rings is 6. The Balaban J connectivity index is 1.20. The van der Waals surface area contributed by atoms with Crippen LogP contribution in [-0.4, -0.2) is 15.0 Å². The van der Waals surface area contributed by atoms with Gasteiger partial charge in [0.15, 0.2) is 5.82 Å². The van der Waals surface area contributed by atoms with Crippen LogP contribution < -0.4 is 0 Å². The van der Waals surface area contributed by atoms with Crippen LogP contribution in [0.25, 0.3) is 77.5 Å². The summed E-state index contributed by atoms with van der Waals surface area (Å²) < 4.78 is 0. The van der Waals surface area contributed by atoms with Crippen molar-refractivity contribution in [3.8, 4) is 44.9 Å². The third-order valence-electron chi connectivity index (χ3n) is 7.91. The van der Waals surface area contributed by atoms with Crippen molar-refractivity contribution in [2.45, 2.75) is 0 Å². The number of rotatable bonds is 4. The average molecular weight is 536 g/mol. The van der Waals surface area contributed by atoms with Crippen molar-refractivity contribution in [3.63, 3.8) is 0 Å². The molecule has 8 rings (SSSR count). The largest absolute Gasteiger partial charge is 0.256 e. The minimum absolute atomic E-state index is 0.726. The number of para-hydroxylation sites is 1. The Hall–Kier alpha value is -5.67. The minimum Gasteiger partial charge on any atom is -0.256 e. The van der Waals surface area contributed by atoms with E-state index in [1.807, 2.05) is 42.6 Å². The van der Waals surface area contributed by atoms with E-state index in [1.165, 1.54) is 27.5 Å². The zero-order valence-electron chi connectivity index (χ0n) is 22.8. The molecule has 0 aliphatic carbocycles. The fraction of sp³-hybridized carbons (Fsp3) is 0. The molecule has 0 bridgehead atoms. The van der Waals surface area contributed by atoms with Crippen molar-refractivity contribution in [2.75, 3.05) is 0 Å². The summed E-state index contributed by atoms with van der Waals surface area (Å²) in [5.41, 5.74) is 9.71. The zero-order chi connectivity index (χ0) is 27.9. The average Bonchev–Trinajstić information content (AvgIpc) is 3.08. The van der Waals surface area contributed by atoms with Gasteiger partial charge in [-0.3, -0.25) is 4.98 Å². The molecule has 3 heteroatoms. The number of hydrogen-bond donors (Lipinski definition) is 0. The van der Waals surface area contributed by atoms with Crippen LogP contribution in [0, 0.1) is 0 Å². The van der Waals surface area contributed by atoms with Crippen LogP contribution in [0.15, 0.2) is 152 Å². The molecule has 0 fully saturated rings. The maximum absolute atomic E-state index is 5.04. The molecule has 0 aliphatic rings. The van der Waals surface area contributed by atoms with E-state index < -0.39 is 0 Å². The molecule has 8 aromatic rings. The molecule has 0 saturated heterocycles. The second-order valence-corrected chi connectivity index (χ2v) is 10.5. The molecule has 0 saturated carbocycles. The second-order valence-electron chi connectivity index (χ2n) is 10.5. The van der Waals surface area contributed by atoms with E-state index in [0.29, 0.717) is 0 Å². The lowest BCUT2D eigenvalue weighted by molar-refractivity contribution is 1.23. The molecular formula is C39H25N3. The van der Waals surface area contributed by atoms with Crippen LogP contribution >= 0.6 is 0 Å². The molecule has 2 aromatic heterocycles. The van der Waals surface area contributed by atoms with Crippen molar-refractivity contribution >= 4 is 32.6 Å². The summed E-state index contributed by atoms with van der Waals surface area (Å²) in [4.78, 5) is 14.6. The monoisotopic (exact) mass is 535 g/mol. The van der Waals surface area contributed by atoms with Gasteiger partial charge < -0.3 is 0 Å². The summed E-state index contributed by atoms with van der Waals surface area (Å²) in [6.07, 6.45) is 1.87. The van der Waals surface area contributed by atoms with E-state index >= 15 is 0 Å². The molecule has 0 aliphatic heterocycles.